The molecule has 1 unspecified atom stereocenters. The van der Waals surface area contributed by atoms with Crippen LogP contribution in [0.3, 0.4) is 0 Å². The number of carbonyl (C=O) groups excluding carboxylic acids is 1. The van der Waals surface area contributed by atoms with Gasteiger partial charge in [-0.15, -0.1) is 0 Å². The molecule has 0 bridgehead atoms. The van der Waals surface area contributed by atoms with E-state index in [0.717, 1.165) is 5.56 Å². The highest BCUT2D eigenvalue weighted by atomic mass is 19.1. The first-order valence-electron chi connectivity index (χ1n) is 5.72. The number of aliphatic hydroxyl groups is 1. The van der Waals surface area contributed by atoms with Crippen molar-refractivity contribution in [3.8, 4) is 0 Å². The molecule has 1 rings (SSSR count). The third-order valence-electron chi connectivity index (χ3n) is 2.62. The molecule has 3 nitrogen and oxygen atoms in total. The third-order valence-corrected chi connectivity index (χ3v) is 2.62. The molecule has 1 aromatic carbocycles. The normalized spacial score (nSPS) is 12.2. The van der Waals surface area contributed by atoms with E-state index in [2.05, 4.69) is 5.32 Å². The van der Waals surface area contributed by atoms with Crippen LogP contribution in [0.15, 0.2) is 18.2 Å². The molecule has 0 spiro atoms. The molecule has 0 aliphatic carbocycles. The van der Waals surface area contributed by atoms with Crippen molar-refractivity contribution >= 4 is 5.91 Å². The van der Waals surface area contributed by atoms with Crippen molar-refractivity contribution < 1.29 is 14.3 Å². The van der Waals surface area contributed by atoms with E-state index in [0.29, 0.717) is 18.4 Å². The lowest BCUT2D eigenvalue weighted by Gasteiger charge is -2.14. The van der Waals surface area contributed by atoms with Crippen LogP contribution in [0.5, 0.6) is 0 Å². The van der Waals surface area contributed by atoms with Crippen molar-refractivity contribution in [2.45, 2.75) is 32.7 Å². The maximum atomic E-state index is 13.0. The molecule has 0 fully saturated rings. The predicted octanol–water partition coefficient (Wildman–Crippen LogP) is 2.02. The lowest BCUT2D eigenvalue weighted by Crippen LogP contribution is -2.33. The summed E-state index contributed by atoms with van der Waals surface area (Å²) in [5.41, 5.74) is 1.11. The highest BCUT2D eigenvalue weighted by Gasteiger charge is 2.12. The highest BCUT2D eigenvalue weighted by Crippen LogP contribution is 2.10. The van der Waals surface area contributed by atoms with E-state index in [9.17, 15) is 9.18 Å². The molecule has 0 aliphatic heterocycles. The highest BCUT2D eigenvalue weighted by molar-refractivity contribution is 5.95. The molecule has 0 aromatic heterocycles. The predicted molar refractivity (Wildman–Crippen MR) is 64.4 cm³/mol. The summed E-state index contributed by atoms with van der Waals surface area (Å²) >= 11 is 0. The molecule has 0 aliphatic rings. The summed E-state index contributed by atoms with van der Waals surface area (Å²) < 4.78 is 13.0. The number of nitrogens with one attached hydrogen (secondary N) is 1. The lowest BCUT2D eigenvalue weighted by molar-refractivity contribution is 0.0935. The van der Waals surface area contributed by atoms with Crippen molar-refractivity contribution in [2.24, 2.45) is 0 Å². The maximum Gasteiger partial charge on any atom is 0.251 e. The number of aliphatic hydroxyl groups excluding tert-OH is 1. The van der Waals surface area contributed by atoms with Crippen LogP contribution in [-0.4, -0.2) is 23.7 Å². The summed E-state index contributed by atoms with van der Waals surface area (Å²) in [6.07, 6.45) is 1.35. The number of hydrogen-bond donors (Lipinski definition) is 2. The quantitative estimate of drug-likeness (QED) is 0.826. The molecule has 0 saturated heterocycles. The van der Waals surface area contributed by atoms with Crippen LogP contribution < -0.4 is 5.32 Å². The van der Waals surface area contributed by atoms with Gasteiger partial charge < -0.3 is 10.4 Å². The summed E-state index contributed by atoms with van der Waals surface area (Å²) in [6.45, 7) is 3.74. The van der Waals surface area contributed by atoms with Crippen LogP contribution in [-0.2, 0) is 0 Å². The van der Waals surface area contributed by atoms with E-state index in [1.54, 1.807) is 13.0 Å². The molecule has 1 amide bonds. The van der Waals surface area contributed by atoms with E-state index >= 15 is 0 Å². The van der Waals surface area contributed by atoms with Crippen LogP contribution in [0.1, 0.15) is 35.7 Å². The summed E-state index contributed by atoms with van der Waals surface area (Å²) in [6, 6.07) is 4.13. The van der Waals surface area contributed by atoms with Crippen molar-refractivity contribution in [1.82, 2.24) is 5.32 Å². The Morgan fingerprint density at radius 3 is 2.88 bits per heavy atom. The van der Waals surface area contributed by atoms with E-state index in [1.807, 2.05) is 6.92 Å². The number of carbonyl (C=O) groups is 1. The fourth-order valence-corrected chi connectivity index (χ4v) is 1.61. The summed E-state index contributed by atoms with van der Waals surface area (Å²) in [5.74, 6) is -0.684. The zero-order chi connectivity index (χ0) is 12.8. The van der Waals surface area contributed by atoms with Crippen molar-refractivity contribution in [2.75, 3.05) is 6.61 Å². The molecule has 1 aromatic rings. The molecule has 2 N–H and O–H groups in total. The number of rotatable bonds is 5. The Morgan fingerprint density at radius 2 is 2.24 bits per heavy atom. The summed E-state index contributed by atoms with van der Waals surface area (Å²) in [5, 5.41) is 11.5. The Bertz CT molecular complexity index is 393. The van der Waals surface area contributed by atoms with E-state index < -0.39 is 5.82 Å². The first-order chi connectivity index (χ1) is 8.04. The number of aryl methyl sites for hydroxylation is 1. The molecule has 0 saturated carbocycles. The number of halogens is 1. The first kappa shape index (κ1) is 13.6. The minimum Gasteiger partial charge on any atom is -0.396 e. The van der Waals surface area contributed by atoms with Gasteiger partial charge >= 0.3 is 0 Å². The third kappa shape index (κ3) is 4.15. The monoisotopic (exact) mass is 239 g/mol. The lowest BCUT2D eigenvalue weighted by atomic mass is 10.1. The molecular formula is C13H18FNO2. The van der Waals surface area contributed by atoms with Gasteiger partial charge in [-0.2, -0.15) is 0 Å². The van der Waals surface area contributed by atoms with Crippen molar-refractivity contribution in [3.63, 3.8) is 0 Å². The zero-order valence-electron chi connectivity index (χ0n) is 10.2. The van der Waals surface area contributed by atoms with Crippen molar-refractivity contribution in [1.29, 1.82) is 0 Å². The fourth-order valence-electron chi connectivity index (χ4n) is 1.61. The molecule has 0 heterocycles. The Labute approximate surface area is 101 Å². The molecule has 0 radical (unpaired) electrons. The van der Waals surface area contributed by atoms with E-state index in [-0.39, 0.29) is 18.6 Å². The fraction of sp³-hybridized carbons (Fsp3) is 0.462. The molecule has 17 heavy (non-hydrogen) atoms. The average molecular weight is 239 g/mol. The Kier molecular flexibility index (Phi) is 5.10. The van der Waals surface area contributed by atoms with Gasteiger partial charge in [0.25, 0.3) is 5.91 Å². The smallest absolute Gasteiger partial charge is 0.251 e. The number of amides is 1. The van der Waals surface area contributed by atoms with Gasteiger partial charge in [0.15, 0.2) is 0 Å². The maximum absolute atomic E-state index is 13.0. The minimum atomic E-state index is -0.413. The molecular weight excluding hydrogens is 221 g/mol. The van der Waals surface area contributed by atoms with Crippen LogP contribution >= 0.6 is 0 Å². The average Bonchev–Trinajstić information content (AvgIpc) is 2.29. The van der Waals surface area contributed by atoms with Gasteiger partial charge in [0.1, 0.15) is 5.82 Å². The largest absolute Gasteiger partial charge is 0.396 e. The Hall–Kier alpha value is -1.42. The SMILES string of the molecule is Cc1ccc(F)cc1C(=O)NC(C)CCCO. The van der Waals surface area contributed by atoms with Gasteiger partial charge in [0, 0.05) is 18.2 Å². The van der Waals surface area contributed by atoms with Gasteiger partial charge in [0.2, 0.25) is 0 Å². The molecule has 4 heteroatoms. The summed E-state index contributed by atoms with van der Waals surface area (Å²) in [4.78, 5) is 11.9. The Balaban J connectivity index is 2.66. The summed E-state index contributed by atoms with van der Waals surface area (Å²) in [7, 11) is 0. The van der Waals surface area contributed by atoms with Gasteiger partial charge in [-0.05, 0) is 44.4 Å². The Morgan fingerprint density at radius 1 is 1.53 bits per heavy atom. The van der Waals surface area contributed by atoms with Crippen LogP contribution in [0.4, 0.5) is 4.39 Å². The van der Waals surface area contributed by atoms with Gasteiger partial charge in [0.05, 0.1) is 0 Å². The van der Waals surface area contributed by atoms with Gasteiger partial charge in [-0.3, -0.25) is 4.79 Å². The second-order valence-electron chi connectivity index (χ2n) is 4.20. The number of benzene rings is 1. The van der Waals surface area contributed by atoms with E-state index in [4.69, 9.17) is 5.11 Å². The topological polar surface area (TPSA) is 49.3 Å². The van der Waals surface area contributed by atoms with Gasteiger partial charge in [-0.25, -0.2) is 4.39 Å². The van der Waals surface area contributed by atoms with E-state index in [1.165, 1.54) is 12.1 Å². The molecule has 1 atom stereocenters. The van der Waals surface area contributed by atoms with Crippen LogP contribution in [0.25, 0.3) is 0 Å². The second-order valence-corrected chi connectivity index (χ2v) is 4.20. The second kappa shape index (κ2) is 6.35. The number of hydrogen-bond acceptors (Lipinski definition) is 2. The van der Waals surface area contributed by atoms with Crippen LogP contribution in [0, 0.1) is 12.7 Å². The standard InChI is InChI=1S/C13H18FNO2/c1-9-5-6-11(14)8-12(9)13(17)15-10(2)4-3-7-16/h5-6,8,10,16H,3-4,7H2,1-2H3,(H,15,17). The van der Waals surface area contributed by atoms with Crippen molar-refractivity contribution in [3.05, 3.63) is 35.1 Å². The van der Waals surface area contributed by atoms with Crippen LogP contribution in [0.2, 0.25) is 0 Å². The zero-order valence-corrected chi connectivity index (χ0v) is 10.2. The minimum absolute atomic E-state index is 0.0303. The molecule has 94 valence electrons. The van der Waals surface area contributed by atoms with Gasteiger partial charge in [-0.1, -0.05) is 6.07 Å². The first-order valence-corrected chi connectivity index (χ1v) is 5.72.